The molecule has 78 valence electrons. The van der Waals surface area contributed by atoms with Crippen molar-refractivity contribution in [3.8, 4) is 0 Å². The smallest absolute Gasteiger partial charge is 0.0204 e. The van der Waals surface area contributed by atoms with Crippen LogP contribution < -0.4 is 5.32 Å². The van der Waals surface area contributed by atoms with E-state index in [1.165, 1.54) is 32.4 Å². The highest BCUT2D eigenvalue weighted by Crippen LogP contribution is 2.25. The van der Waals surface area contributed by atoms with Crippen molar-refractivity contribution in [1.82, 2.24) is 10.2 Å². The van der Waals surface area contributed by atoms with Crippen LogP contribution in [0.1, 0.15) is 40.0 Å². The molecule has 0 saturated carbocycles. The number of likely N-dealkylation sites (N-methyl/N-ethyl adjacent to an activating group) is 1. The molecule has 1 rings (SSSR count). The highest BCUT2D eigenvalue weighted by atomic mass is 15.2. The molecule has 1 aliphatic heterocycles. The van der Waals surface area contributed by atoms with Crippen LogP contribution in [-0.4, -0.2) is 36.6 Å². The Bertz CT molecular complexity index is 154. The molecule has 0 aromatic rings. The Morgan fingerprint density at radius 1 is 1.46 bits per heavy atom. The lowest BCUT2D eigenvalue weighted by atomic mass is 9.97. The average Bonchev–Trinajstić information content (AvgIpc) is 2.52. The first-order valence-corrected chi connectivity index (χ1v) is 5.52. The van der Waals surface area contributed by atoms with E-state index < -0.39 is 0 Å². The summed E-state index contributed by atoms with van der Waals surface area (Å²) in [6.07, 6.45) is 3.90. The molecule has 0 amide bonds. The van der Waals surface area contributed by atoms with Gasteiger partial charge in [0.25, 0.3) is 0 Å². The first kappa shape index (κ1) is 11.0. The van der Waals surface area contributed by atoms with E-state index in [2.05, 4.69) is 38.0 Å². The fraction of sp³-hybridized carbons (Fsp3) is 1.00. The predicted octanol–water partition coefficient (Wildman–Crippen LogP) is 1.86. The zero-order valence-corrected chi connectivity index (χ0v) is 9.56. The van der Waals surface area contributed by atoms with Gasteiger partial charge in [0.1, 0.15) is 0 Å². The molecule has 0 bridgehead atoms. The molecule has 0 radical (unpaired) electrons. The van der Waals surface area contributed by atoms with Gasteiger partial charge in [-0.1, -0.05) is 13.3 Å². The Kier molecular flexibility index (Phi) is 3.74. The van der Waals surface area contributed by atoms with Gasteiger partial charge < -0.3 is 5.32 Å². The second kappa shape index (κ2) is 4.43. The van der Waals surface area contributed by atoms with E-state index in [1.54, 1.807) is 0 Å². The Balaban J connectivity index is 2.44. The molecule has 1 fully saturated rings. The Morgan fingerprint density at radius 2 is 2.15 bits per heavy atom. The monoisotopic (exact) mass is 184 g/mol. The Labute approximate surface area is 82.7 Å². The van der Waals surface area contributed by atoms with Crippen molar-refractivity contribution >= 4 is 0 Å². The molecule has 1 N–H and O–H groups in total. The second-order valence-electron chi connectivity index (χ2n) is 4.78. The van der Waals surface area contributed by atoms with Gasteiger partial charge in [0.15, 0.2) is 0 Å². The van der Waals surface area contributed by atoms with Crippen molar-refractivity contribution in [2.45, 2.75) is 51.6 Å². The first-order valence-electron chi connectivity index (χ1n) is 5.52. The van der Waals surface area contributed by atoms with Crippen LogP contribution in [0.5, 0.6) is 0 Å². The molecule has 2 heteroatoms. The van der Waals surface area contributed by atoms with Crippen LogP contribution in [0.3, 0.4) is 0 Å². The minimum Gasteiger partial charge on any atom is -0.316 e. The van der Waals surface area contributed by atoms with E-state index in [9.17, 15) is 0 Å². The highest BCUT2D eigenvalue weighted by molar-refractivity contribution is 4.89. The summed E-state index contributed by atoms with van der Waals surface area (Å²) >= 11 is 0. The van der Waals surface area contributed by atoms with Crippen molar-refractivity contribution in [2.24, 2.45) is 0 Å². The van der Waals surface area contributed by atoms with E-state index >= 15 is 0 Å². The lowest BCUT2D eigenvalue weighted by Gasteiger charge is -2.35. The van der Waals surface area contributed by atoms with E-state index in [0.29, 0.717) is 5.54 Å². The number of rotatable bonds is 4. The van der Waals surface area contributed by atoms with Crippen LogP contribution in [0.25, 0.3) is 0 Å². The molecule has 1 heterocycles. The van der Waals surface area contributed by atoms with Gasteiger partial charge in [0.2, 0.25) is 0 Å². The summed E-state index contributed by atoms with van der Waals surface area (Å²) in [6.45, 7) is 9.50. The van der Waals surface area contributed by atoms with Gasteiger partial charge in [-0.15, -0.1) is 0 Å². The largest absolute Gasteiger partial charge is 0.316 e. The third-order valence-electron chi connectivity index (χ3n) is 3.31. The average molecular weight is 184 g/mol. The zero-order valence-electron chi connectivity index (χ0n) is 9.56. The van der Waals surface area contributed by atoms with Crippen molar-refractivity contribution < 1.29 is 0 Å². The highest BCUT2D eigenvalue weighted by Gasteiger charge is 2.31. The summed E-state index contributed by atoms with van der Waals surface area (Å²) in [5.74, 6) is 0. The van der Waals surface area contributed by atoms with Crippen LogP contribution in [0.2, 0.25) is 0 Å². The molecule has 1 saturated heterocycles. The number of hydrogen-bond acceptors (Lipinski definition) is 2. The molecule has 0 spiro atoms. The molecule has 0 aromatic carbocycles. The molecule has 1 atom stereocenters. The molecule has 0 aromatic heterocycles. The van der Waals surface area contributed by atoms with Crippen LogP contribution in [-0.2, 0) is 0 Å². The normalized spacial score (nSPS) is 25.4. The fourth-order valence-corrected chi connectivity index (χ4v) is 2.32. The van der Waals surface area contributed by atoms with Crippen molar-refractivity contribution in [1.29, 1.82) is 0 Å². The van der Waals surface area contributed by atoms with E-state index in [4.69, 9.17) is 0 Å². The molecule has 0 aliphatic carbocycles. The van der Waals surface area contributed by atoms with Crippen molar-refractivity contribution in [3.63, 3.8) is 0 Å². The van der Waals surface area contributed by atoms with Gasteiger partial charge in [0.05, 0.1) is 0 Å². The van der Waals surface area contributed by atoms with Crippen LogP contribution in [0, 0.1) is 0 Å². The maximum absolute atomic E-state index is 3.37. The number of nitrogens with one attached hydrogen (secondary N) is 1. The third-order valence-corrected chi connectivity index (χ3v) is 3.31. The molecular weight excluding hydrogens is 160 g/mol. The quantitative estimate of drug-likeness (QED) is 0.717. The van der Waals surface area contributed by atoms with Gasteiger partial charge in [-0.3, -0.25) is 4.90 Å². The maximum Gasteiger partial charge on any atom is 0.0204 e. The van der Waals surface area contributed by atoms with E-state index in [0.717, 1.165) is 6.04 Å². The first-order chi connectivity index (χ1) is 6.10. The van der Waals surface area contributed by atoms with Crippen LogP contribution >= 0.6 is 0 Å². The fourth-order valence-electron chi connectivity index (χ4n) is 2.32. The Morgan fingerprint density at radius 3 is 2.62 bits per heavy atom. The lowest BCUT2D eigenvalue weighted by Crippen LogP contribution is -2.43. The summed E-state index contributed by atoms with van der Waals surface area (Å²) in [7, 11) is 2.07. The molecule has 1 aliphatic rings. The van der Waals surface area contributed by atoms with Gasteiger partial charge in [-0.05, 0) is 33.7 Å². The van der Waals surface area contributed by atoms with Crippen molar-refractivity contribution in [3.05, 3.63) is 0 Å². The minimum absolute atomic E-state index is 0.403. The predicted molar refractivity (Wildman–Crippen MR) is 58.0 cm³/mol. The summed E-state index contributed by atoms with van der Waals surface area (Å²) < 4.78 is 0. The number of nitrogens with zero attached hydrogens (tertiary/aromatic N) is 1. The summed E-state index contributed by atoms with van der Waals surface area (Å²) in [4.78, 5) is 2.62. The topological polar surface area (TPSA) is 15.3 Å². The van der Waals surface area contributed by atoms with Gasteiger partial charge >= 0.3 is 0 Å². The third kappa shape index (κ3) is 2.68. The van der Waals surface area contributed by atoms with E-state index in [-0.39, 0.29) is 0 Å². The summed E-state index contributed by atoms with van der Waals surface area (Å²) in [5, 5.41) is 3.37. The number of likely N-dealkylation sites (tertiary alicyclic amines) is 1. The molecule has 13 heavy (non-hydrogen) atoms. The lowest BCUT2D eigenvalue weighted by molar-refractivity contribution is 0.140. The van der Waals surface area contributed by atoms with E-state index in [1.807, 2.05) is 0 Å². The van der Waals surface area contributed by atoms with Crippen LogP contribution in [0.4, 0.5) is 0 Å². The zero-order chi connectivity index (χ0) is 9.90. The molecular formula is C11H24N2. The van der Waals surface area contributed by atoms with Gasteiger partial charge in [-0.2, -0.15) is 0 Å². The van der Waals surface area contributed by atoms with Crippen LogP contribution in [0.15, 0.2) is 0 Å². The number of hydrogen-bond donors (Lipinski definition) is 1. The molecule has 0 unspecified atom stereocenters. The standard InChI is InChI=1S/C11H24N2/c1-5-7-11(2,3)13-8-6-10(9-13)12-4/h10,12H,5-9H2,1-4H3/t10-/m1/s1. The van der Waals surface area contributed by atoms with Gasteiger partial charge in [0, 0.05) is 24.7 Å². The molecule has 2 nitrogen and oxygen atoms in total. The summed E-state index contributed by atoms with van der Waals surface area (Å²) in [6, 6.07) is 0.719. The Hall–Kier alpha value is -0.0800. The summed E-state index contributed by atoms with van der Waals surface area (Å²) in [5.41, 5.74) is 0.403. The maximum atomic E-state index is 3.37. The minimum atomic E-state index is 0.403. The second-order valence-corrected chi connectivity index (χ2v) is 4.78. The van der Waals surface area contributed by atoms with Crippen molar-refractivity contribution in [2.75, 3.05) is 20.1 Å². The SMILES string of the molecule is CCCC(C)(C)N1CC[C@@H](NC)C1. The van der Waals surface area contributed by atoms with Gasteiger partial charge in [-0.25, -0.2) is 0 Å².